The second-order valence-corrected chi connectivity index (χ2v) is 6.01. The highest BCUT2D eigenvalue weighted by atomic mass is 19.1. The van der Waals surface area contributed by atoms with E-state index >= 15 is 0 Å². The van der Waals surface area contributed by atoms with E-state index in [0.717, 1.165) is 23.9 Å². The van der Waals surface area contributed by atoms with E-state index in [9.17, 15) is 18.4 Å². The maximum Gasteiger partial charge on any atom is 0.344 e. The maximum atomic E-state index is 13.6. The van der Waals surface area contributed by atoms with Crippen LogP contribution < -0.4 is 0 Å². The molecule has 0 aliphatic rings. The first-order valence-electron chi connectivity index (χ1n) is 8.06. The van der Waals surface area contributed by atoms with Gasteiger partial charge in [0.05, 0.1) is 0 Å². The second kappa shape index (κ2) is 7.14. The van der Waals surface area contributed by atoms with Gasteiger partial charge in [-0.2, -0.15) is 0 Å². The number of nitrogens with zero attached hydrogens (tertiary/aromatic N) is 2. The number of hydrogen-bond acceptors (Lipinski definition) is 5. The zero-order valence-electron chi connectivity index (χ0n) is 14.9. The molecule has 8 heteroatoms. The van der Waals surface area contributed by atoms with Crippen LogP contribution in [0.4, 0.5) is 8.78 Å². The summed E-state index contributed by atoms with van der Waals surface area (Å²) in [5.74, 6) is -2.70. The molecule has 0 saturated heterocycles. The normalized spacial score (nSPS) is 10.9. The number of aryl methyl sites for hydroxylation is 2. The highest BCUT2D eigenvalue weighted by molar-refractivity contribution is 6.00. The Morgan fingerprint density at radius 2 is 1.81 bits per heavy atom. The zero-order valence-corrected chi connectivity index (χ0v) is 14.9. The smallest absolute Gasteiger partial charge is 0.344 e. The molecule has 1 aromatic carbocycles. The third kappa shape index (κ3) is 3.51. The summed E-state index contributed by atoms with van der Waals surface area (Å²) in [6, 6.07) is 6.35. The largest absolute Gasteiger partial charge is 0.454 e. The van der Waals surface area contributed by atoms with Crippen LogP contribution in [0, 0.1) is 32.4 Å². The van der Waals surface area contributed by atoms with Gasteiger partial charge in [0.25, 0.3) is 0 Å². The lowest BCUT2D eigenvalue weighted by atomic mass is 10.1. The van der Waals surface area contributed by atoms with Crippen LogP contribution in [0.2, 0.25) is 0 Å². The van der Waals surface area contributed by atoms with Crippen LogP contribution in [-0.2, 0) is 4.74 Å². The van der Waals surface area contributed by atoms with Crippen LogP contribution in [0.25, 0.3) is 5.82 Å². The number of carbonyl (C=O) groups is 2. The van der Waals surface area contributed by atoms with Gasteiger partial charge in [0.1, 0.15) is 23.0 Å². The number of ether oxygens (including phenoxy) is 1. The van der Waals surface area contributed by atoms with Crippen molar-refractivity contribution in [1.82, 2.24) is 9.72 Å². The number of ketones is 1. The topological polar surface area (TPSA) is 74.3 Å². The van der Waals surface area contributed by atoms with Crippen molar-refractivity contribution in [2.75, 3.05) is 6.61 Å². The van der Waals surface area contributed by atoms with Gasteiger partial charge in [-0.15, -0.1) is 0 Å². The van der Waals surface area contributed by atoms with Gasteiger partial charge in [-0.05, 0) is 39.0 Å². The third-order valence-electron chi connectivity index (χ3n) is 4.08. The van der Waals surface area contributed by atoms with Crippen molar-refractivity contribution in [2.24, 2.45) is 0 Å². The van der Waals surface area contributed by atoms with Crippen LogP contribution in [0.3, 0.4) is 0 Å². The van der Waals surface area contributed by atoms with Gasteiger partial charge >= 0.3 is 5.97 Å². The van der Waals surface area contributed by atoms with Gasteiger partial charge in [-0.3, -0.25) is 9.36 Å². The molecule has 0 bridgehead atoms. The molecular formula is C19H16F2N2O4. The summed E-state index contributed by atoms with van der Waals surface area (Å²) in [7, 11) is 0. The standard InChI is InChI=1S/C19H16F2N2O4/c1-10-7-13(12(3)23(10)17-8-11(2)27-22-17)16(24)9-26-19(25)18-14(20)5-4-6-15(18)21/h4-8H,9H2,1-3H3. The molecular weight excluding hydrogens is 358 g/mol. The molecule has 2 aromatic heterocycles. The summed E-state index contributed by atoms with van der Waals surface area (Å²) >= 11 is 0. The lowest BCUT2D eigenvalue weighted by Gasteiger charge is -2.07. The van der Waals surface area contributed by atoms with E-state index in [4.69, 9.17) is 9.26 Å². The first-order chi connectivity index (χ1) is 12.8. The summed E-state index contributed by atoms with van der Waals surface area (Å²) in [5.41, 5.74) is 0.804. The molecule has 0 radical (unpaired) electrons. The van der Waals surface area contributed by atoms with Gasteiger partial charge in [0.2, 0.25) is 5.78 Å². The average Bonchev–Trinajstić information content (AvgIpc) is 3.15. The van der Waals surface area contributed by atoms with Gasteiger partial charge in [-0.25, -0.2) is 13.6 Å². The Balaban J connectivity index is 1.78. The number of esters is 1. The monoisotopic (exact) mass is 374 g/mol. The molecule has 3 rings (SSSR count). The minimum atomic E-state index is -1.24. The van der Waals surface area contributed by atoms with E-state index in [1.807, 2.05) is 0 Å². The molecule has 6 nitrogen and oxygen atoms in total. The molecule has 27 heavy (non-hydrogen) atoms. The maximum absolute atomic E-state index is 13.6. The van der Waals surface area contributed by atoms with E-state index in [0.29, 0.717) is 22.8 Å². The quantitative estimate of drug-likeness (QED) is 0.503. The number of benzene rings is 1. The van der Waals surface area contributed by atoms with Crippen LogP contribution in [0.5, 0.6) is 0 Å². The summed E-state index contributed by atoms with van der Waals surface area (Å²) in [6.07, 6.45) is 0. The van der Waals surface area contributed by atoms with E-state index in [2.05, 4.69) is 5.16 Å². The molecule has 0 fully saturated rings. The summed E-state index contributed by atoms with van der Waals surface area (Å²) in [4.78, 5) is 24.4. The van der Waals surface area contributed by atoms with E-state index in [-0.39, 0.29) is 0 Å². The van der Waals surface area contributed by atoms with Gasteiger partial charge in [0.15, 0.2) is 12.4 Å². The number of halogens is 2. The number of aromatic nitrogens is 2. The van der Waals surface area contributed by atoms with Crippen LogP contribution in [-0.4, -0.2) is 28.1 Å². The van der Waals surface area contributed by atoms with Crippen molar-refractivity contribution in [3.8, 4) is 5.82 Å². The Bertz CT molecular complexity index is 1020. The molecule has 0 aliphatic heterocycles. The molecule has 0 unspecified atom stereocenters. The fraction of sp³-hybridized carbons (Fsp3) is 0.211. The van der Waals surface area contributed by atoms with Crippen molar-refractivity contribution < 1.29 is 27.6 Å². The Hall–Kier alpha value is -3.29. The van der Waals surface area contributed by atoms with Crippen LogP contribution >= 0.6 is 0 Å². The first-order valence-corrected chi connectivity index (χ1v) is 8.06. The van der Waals surface area contributed by atoms with Crippen molar-refractivity contribution in [2.45, 2.75) is 20.8 Å². The lowest BCUT2D eigenvalue weighted by molar-refractivity contribution is 0.0465. The minimum Gasteiger partial charge on any atom is -0.454 e. The summed E-state index contributed by atoms with van der Waals surface area (Å²) < 4.78 is 38.8. The Kier molecular flexibility index (Phi) is 4.89. The molecule has 2 heterocycles. The van der Waals surface area contributed by atoms with E-state index in [1.165, 1.54) is 0 Å². The fourth-order valence-electron chi connectivity index (χ4n) is 2.83. The van der Waals surface area contributed by atoms with E-state index in [1.54, 1.807) is 37.5 Å². The summed E-state index contributed by atoms with van der Waals surface area (Å²) in [5, 5.41) is 3.92. The van der Waals surface area contributed by atoms with E-state index < -0.39 is 35.6 Å². The Labute approximate surface area is 153 Å². The molecule has 0 amide bonds. The fourth-order valence-corrected chi connectivity index (χ4v) is 2.83. The molecule has 0 saturated carbocycles. The zero-order chi connectivity index (χ0) is 19.7. The van der Waals surface area contributed by atoms with Crippen molar-refractivity contribution >= 4 is 11.8 Å². The summed E-state index contributed by atoms with van der Waals surface area (Å²) in [6.45, 7) is 4.60. The predicted octanol–water partition coefficient (Wildman–Crippen LogP) is 3.71. The Morgan fingerprint density at radius 3 is 2.41 bits per heavy atom. The van der Waals surface area contributed by atoms with Crippen LogP contribution in [0.1, 0.15) is 37.9 Å². The Morgan fingerprint density at radius 1 is 1.15 bits per heavy atom. The SMILES string of the molecule is Cc1cc(-n2c(C)cc(C(=O)COC(=O)c3c(F)cccc3F)c2C)no1. The van der Waals surface area contributed by atoms with Crippen molar-refractivity contribution in [3.05, 3.63) is 70.2 Å². The number of carbonyl (C=O) groups excluding carboxylic acids is 2. The highest BCUT2D eigenvalue weighted by Crippen LogP contribution is 2.21. The van der Waals surface area contributed by atoms with Gasteiger partial charge in [0, 0.05) is 23.0 Å². The van der Waals surface area contributed by atoms with Crippen LogP contribution in [0.15, 0.2) is 34.9 Å². The molecule has 140 valence electrons. The predicted molar refractivity (Wildman–Crippen MR) is 91.0 cm³/mol. The average molecular weight is 374 g/mol. The minimum absolute atomic E-state index is 0.315. The molecule has 0 aliphatic carbocycles. The second-order valence-electron chi connectivity index (χ2n) is 6.01. The van der Waals surface area contributed by atoms with Gasteiger partial charge in [-0.1, -0.05) is 11.2 Å². The number of Topliss-reactive ketones (excluding diaryl/α,β-unsaturated/α-hetero) is 1. The number of rotatable bonds is 5. The molecule has 0 atom stereocenters. The van der Waals surface area contributed by atoms with Crippen molar-refractivity contribution in [3.63, 3.8) is 0 Å². The van der Waals surface area contributed by atoms with Crippen molar-refractivity contribution in [1.29, 1.82) is 0 Å². The third-order valence-corrected chi connectivity index (χ3v) is 4.08. The molecule has 3 aromatic rings. The lowest BCUT2D eigenvalue weighted by Crippen LogP contribution is -2.17. The highest BCUT2D eigenvalue weighted by Gasteiger charge is 2.22. The molecule has 0 N–H and O–H groups in total. The van der Waals surface area contributed by atoms with Gasteiger partial charge < -0.3 is 9.26 Å². The number of hydrogen-bond donors (Lipinski definition) is 0. The first kappa shape index (κ1) is 18.5. The molecule has 0 spiro atoms.